The molecule has 1 nitrogen and oxygen atoms in total. The maximum Gasteiger partial charge on any atom is 0.0462 e. The summed E-state index contributed by atoms with van der Waals surface area (Å²) in [4.78, 5) is 2.33. The first-order valence-electron chi connectivity index (χ1n) is 16.5. The first-order valence-corrected chi connectivity index (χ1v) is 16.5. The van der Waals surface area contributed by atoms with Gasteiger partial charge in [-0.25, -0.2) is 0 Å². The zero-order chi connectivity index (χ0) is 32.3. The maximum atomic E-state index is 4.31. The first kappa shape index (κ1) is 29.2. The van der Waals surface area contributed by atoms with Gasteiger partial charge in [-0.15, -0.1) is 0 Å². The van der Waals surface area contributed by atoms with E-state index in [-0.39, 0.29) is 0 Å². The molecule has 0 atom stereocenters. The summed E-state index contributed by atoms with van der Waals surface area (Å²) in [6, 6.07) is 56.8. The minimum atomic E-state index is 0.845. The normalized spacial score (nSPS) is 15.3. The summed E-state index contributed by atoms with van der Waals surface area (Å²) in [5, 5.41) is 5.10. The van der Waals surface area contributed by atoms with Crippen molar-refractivity contribution >= 4 is 55.8 Å². The van der Waals surface area contributed by atoms with E-state index >= 15 is 0 Å². The third kappa shape index (κ3) is 5.68. The van der Waals surface area contributed by atoms with Gasteiger partial charge in [-0.05, 0) is 109 Å². The van der Waals surface area contributed by atoms with Crippen LogP contribution in [0.1, 0.15) is 23.1 Å². The molecule has 0 aliphatic heterocycles. The first-order chi connectivity index (χ1) is 23.7. The topological polar surface area (TPSA) is 3.24 Å². The molecule has 0 heterocycles. The van der Waals surface area contributed by atoms with E-state index in [1.165, 1.54) is 49.4 Å². The van der Waals surface area contributed by atoms with Crippen LogP contribution in [0.3, 0.4) is 0 Å². The fourth-order valence-electron chi connectivity index (χ4n) is 6.83. The molecule has 48 heavy (non-hydrogen) atoms. The fraction of sp³-hybridized carbons (Fsp3) is 0.0213. The largest absolute Gasteiger partial charge is 0.311 e. The predicted molar refractivity (Wildman–Crippen MR) is 208 cm³/mol. The number of nitrogens with zero attached hydrogens (tertiary/aromatic N) is 1. The zero-order valence-electron chi connectivity index (χ0n) is 26.8. The molecule has 0 bridgehead atoms. The summed E-state index contributed by atoms with van der Waals surface area (Å²) in [6.07, 6.45) is 11.6. The van der Waals surface area contributed by atoms with Gasteiger partial charge in [-0.1, -0.05) is 152 Å². The van der Waals surface area contributed by atoms with Crippen molar-refractivity contribution < 1.29 is 0 Å². The Morgan fingerprint density at radius 3 is 1.85 bits per heavy atom. The van der Waals surface area contributed by atoms with E-state index < -0.39 is 0 Å². The van der Waals surface area contributed by atoms with Gasteiger partial charge in [0.1, 0.15) is 0 Å². The number of anilines is 3. The van der Waals surface area contributed by atoms with Crippen LogP contribution in [0.25, 0.3) is 49.9 Å². The molecule has 0 radical (unpaired) electrons. The second kappa shape index (κ2) is 12.9. The molecule has 1 aliphatic rings. The second-order valence-electron chi connectivity index (χ2n) is 12.2. The molecule has 0 N–H and O–H groups in total. The quantitative estimate of drug-likeness (QED) is 0.175. The predicted octanol–water partition coefficient (Wildman–Crippen LogP) is 13.2. The Kier molecular flexibility index (Phi) is 7.86. The van der Waals surface area contributed by atoms with Crippen LogP contribution in [0.2, 0.25) is 0 Å². The molecule has 8 rings (SSSR count). The van der Waals surface area contributed by atoms with Crippen molar-refractivity contribution in [2.75, 3.05) is 4.90 Å². The summed E-state index contributed by atoms with van der Waals surface area (Å²) in [6.45, 7) is 4.31. The van der Waals surface area contributed by atoms with Gasteiger partial charge in [-0.3, -0.25) is 0 Å². The molecule has 0 amide bonds. The van der Waals surface area contributed by atoms with Crippen molar-refractivity contribution in [3.05, 3.63) is 205 Å². The molecule has 0 aromatic heterocycles. The van der Waals surface area contributed by atoms with Crippen LogP contribution in [0.4, 0.5) is 17.1 Å². The van der Waals surface area contributed by atoms with Crippen LogP contribution < -0.4 is 4.90 Å². The highest BCUT2D eigenvalue weighted by molar-refractivity contribution is 6.13. The van der Waals surface area contributed by atoms with Crippen LogP contribution in [0, 0.1) is 0 Å². The molecule has 0 spiro atoms. The molecule has 0 saturated heterocycles. The number of fused-ring (bicyclic) bond motifs is 4. The number of allylic oxidation sites excluding steroid dienone is 6. The molecule has 0 saturated carbocycles. The number of hydrogen-bond acceptors (Lipinski definition) is 1. The van der Waals surface area contributed by atoms with E-state index in [0.717, 1.165) is 34.6 Å². The average molecular weight is 614 g/mol. The summed E-state index contributed by atoms with van der Waals surface area (Å²) in [7, 11) is 0. The lowest BCUT2D eigenvalue weighted by atomic mass is 9.93. The third-order valence-electron chi connectivity index (χ3n) is 9.23. The molecule has 0 unspecified atom stereocenters. The number of hydrogen-bond donors (Lipinski definition) is 0. The van der Waals surface area contributed by atoms with E-state index in [2.05, 4.69) is 200 Å². The lowest BCUT2D eigenvalue weighted by Crippen LogP contribution is -2.09. The van der Waals surface area contributed by atoms with Gasteiger partial charge in [-0.2, -0.15) is 0 Å². The van der Waals surface area contributed by atoms with Gasteiger partial charge >= 0.3 is 0 Å². The molecule has 1 heteroatoms. The average Bonchev–Trinajstić information content (AvgIpc) is 3.15. The number of rotatable bonds is 5. The Bertz CT molecular complexity index is 2350. The van der Waals surface area contributed by atoms with Crippen molar-refractivity contribution in [2.45, 2.75) is 6.42 Å². The van der Waals surface area contributed by atoms with Gasteiger partial charge in [0.15, 0.2) is 0 Å². The van der Waals surface area contributed by atoms with E-state index in [4.69, 9.17) is 0 Å². The van der Waals surface area contributed by atoms with Crippen LogP contribution in [-0.4, -0.2) is 0 Å². The van der Waals surface area contributed by atoms with Crippen LogP contribution in [-0.2, 0) is 0 Å². The summed E-state index contributed by atoms with van der Waals surface area (Å²) >= 11 is 0. The highest BCUT2D eigenvalue weighted by Gasteiger charge is 2.15. The van der Waals surface area contributed by atoms with Gasteiger partial charge in [0.05, 0.1) is 0 Å². The molecule has 7 aromatic rings. The molecule has 0 fully saturated rings. The minimum Gasteiger partial charge on any atom is -0.311 e. The highest BCUT2D eigenvalue weighted by atomic mass is 15.1. The Morgan fingerprint density at radius 2 is 1.08 bits per heavy atom. The third-order valence-corrected chi connectivity index (χ3v) is 9.23. The van der Waals surface area contributed by atoms with Gasteiger partial charge in [0.25, 0.3) is 0 Å². The Balaban J connectivity index is 1.17. The smallest absolute Gasteiger partial charge is 0.0462 e. The Hall–Kier alpha value is -6.18. The molecular weight excluding hydrogens is 579 g/mol. The van der Waals surface area contributed by atoms with Crippen LogP contribution in [0.15, 0.2) is 189 Å². The van der Waals surface area contributed by atoms with E-state index in [1.807, 2.05) is 0 Å². The van der Waals surface area contributed by atoms with Gasteiger partial charge in [0.2, 0.25) is 0 Å². The monoisotopic (exact) mass is 613 g/mol. The van der Waals surface area contributed by atoms with E-state index in [9.17, 15) is 0 Å². The lowest BCUT2D eigenvalue weighted by molar-refractivity contribution is 1.28. The summed E-state index contributed by atoms with van der Waals surface area (Å²) in [5.74, 6) is 0. The minimum absolute atomic E-state index is 0.845. The van der Waals surface area contributed by atoms with Crippen molar-refractivity contribution in [1.82, 2.24) is 0 Å². The van der Waals surface area contributed by atoms with Crippen LogP contribution >= 0.6 is 0 Å². The summed E-state index contributed by atoms with van der Waals surface area (Å²) < 4.78 is 0. The van der Waals surface area contributed by atoms with Crippen LogP contribution in [0.5, 0.6) is 0 Å². The standard InChI is InChI=1S/C47H35N/c1-34-14-4-2-5-15-37(32-38-16-8-10-20-43(34)38)35-24-28-41(29-25-35)48(40-18-6-3-7-19-40)42-30-26-36(27-31-42)47-33-39-17-9-11-21-44(39)45-22-12-13-23-46(45)47/h2-14,16-33H,1,15H2/b5-2-,14-4-,37-32+. The van der Waals surface area contributed by atoms with Gasteiger partial charge in [0, 0.05) is 17.1 Å². The molecular formula is C47H35N. The van der Waals surface area contributed by atoms with Crippen molar-refractivity contribution in [2.24, 2.45) is 0 Å². The fourth-order valence-corrected chi connectivity index (χ4v) is 6.83. The van der Waals surface area contributed by atoms with Gasteiger partial charge < -0.3 is 4.90 Å². The number of benzene rings is 7. The van der Waals surface area contributed by atoms with Crippen molar-refractivity contribution in [1.29, 1.82) is 0 Å². The number of para-hydroxylation sites is 1. The Morgan fingerprint density at radius 1 is 0.479 bits per heavy atom. The molecule has 228 valence electrons. The van der Waals surface area contributed by atoms with Crippen molar-refractivity contribution in [3.63, 3.8) is 0 Å². The Labute approximate surface area is 282 Å². The maximum absolute atomic E-state index is 4.31. The van der Waals surface area contributed by atoms with E-state index in [1.54, 1.807) is 0 Å². The SMILES string of the molecule is C=C1/C=C\C=C/C/C(c2ccc(N(c3ccccc3)c3ccc(-c4cc5ccccc5c5ccccc45)cc3)cc2)=C\c2ccccc21. The highest BCUT2D eigenvalue weighted by Crippen LogP contribution is 2.39. The molecule has 1 aliphatic carbocycles. The lowest BCUT2D eigenvalue weighted by Gasteiger charge is -2.26. The second-order valence-corrected chi connectivity index (χ2v) is 12.2. The zero-order valence-corrected chi connectivity index (χ0v) is 26.8. The van der Waals surface area contributed by atoms with E-state index in [0.29, 0.717) is 0 Å². The molecule has 7 aromatic carbocycles. The van der Waals surface area contributed by atoms with Crippen molar-refractivity contribution in [3.8, 4) is 11.1 Å². The summed E-state index contributed by atoms with van der Waals surface area (Å²) in [5.41, 5.74) is 11.6.